The second kappa shape index (κ2) is 9.94. The monoisotopic (exact) mass is 457 g/mol. The molecule has 0 fully saturated rings. The number of thiophene rings is 1. The van der Waals surface area contributed by atoms with Gasteiger partial charge in [0.05, 0.1) is 23.3 Å². The minimum Gasteiger partial charge on any atom is -0.489 e. The Morgan fingerprint density at radius 3 is 2.77 bits per heavy atom. The summed E-state index contributed by atoms with van der Waals surface area (Å²) in [7, 11) is 1.83. The zero-order chi connectivity index (χ0) is 22.5. The van der Waals surface area contributed by atoms with E-state index in [9.17, 15) is 4.79 Å². The van der Waals surface area contributed by atoms with Gasteiger partial charge in [-0.2, -0.15) is 0 Å². The van der Waals surface area contributed by atoms with Gasteiger partial charge in [-0.1, -0.05) is 41.6 Å². The van der Waals surface area contributed by atoms with Crippen LogP contribution in [0, 0.1) is 6.92 Å². The molecule has 1 aromatic carbocycles. The minimum atomic E-state index is -0.383. The Hall–Kier alpha value is -2.90. The van der Waals surface area contributed by atoms with Crippen LogP contribution < -0.4 is 4.74 Å². The molecule has 162 valence electrons. The molecular weight excluding hydrogens is 434 g/mol. The van der Waals surface area contributed by atoms with Gasteiger partial charge in [0.15, 0.2) is 0 Å². The highest BCUT2D eigenvalue weighted by Gasteiger charge is 2.22. The Morgan fingerprint density at radius 2 is 2.16 bits per heavy atom. The summed E-state index contributed by atoms with van der Waals surface area (Å²) < 4.78 is 13.0. The highest BCUT2D eigenvalue weighted by atomic mass is 35.5. The predicted octanol–water partition coefficient (Wildman–Crippen LogP) is 5.61. The normalized spacial score (nSPS) is 11.5. The van der Waals surface area contributed by atoms with Crippen molar-refractivity contribution in [3.8, 4) is 17.0 Å². The van der Waals surface area contributed by atoms with Crippen molar-refractivity contribution in [1.29, 1.82) is 0 Å². The molecule has 0 radical (unpaired) electrons. The number of carbonyl (C=O) groups excluding carboxylic acids is 1. The van der Waals surface area contributed by atoms with Crippen molar-refractivity contribution in [2.75, 3.05) is 6.61 Å². The number of ether oxygens (including phenoxy) is 2. The summed E-state index contributed by atoms with van der Waals surface area (Å²) in [6.45, 7) is 10.0. The number of esters is 1. The number of aromatic nitrogens is 3. The van der Waals surface area contributed by atoms with Gasteiger partial charge in [-0.3, -0.25) is 4.68 Å². The largest absolute Gasteiger partial charge is 0.489 e. The van der Waals surface area contributed by atoms with E-state index in [1.165, 1.54) is 11.3 Å². The molecule has 0 unspecified atom stereocenters. The van der Waals surface area contributed by atoms with E-state index < -0.39 is 0 Å². The number of hydrogen-bond donors (Lipinski definition) is 0. The first-order valence-corrected chi connectivity index (χ1v) is 11.0. The summed E-state index contributed by atoms with van der Waals surface area (Å²) in [5.74, 6) is 0.352. The van der Waals surface area contributed by atoms with Crippen LogP contribution >= 0.6 is 22.9 Å². The molecule has 2 heterocycles. The van der Waals surface area contributed by atoms with E-state index in [1.807, 2.05) is 43.7 Å². The molecular formula is C23H24ClN3O3S. The highest BCUT2D eigenvalue weighted by Crippen LogP contribution is 2.37. The van der Waals surface area contributed by atoms with Crippen molar-refractivity contribution in [3.63, 3.8) is 0 Å². The lowest BCUT2D eigenvalue weighted by molar-refractivity contribution is -0.136. The third kappa shape index (κ3) is 5.06. The number of aryl methyl sites for hydroxylation is 2. The van der Waals surface area contributed by atoms with Crippen LogP contribution in [0.15, 0.2) is 42.4 Å². The first-order valence-electron chi connectivity index (χ1n) is 9.74. The van der Waals surface area contributed by atoms with E-state index in [1.54, 1.807) is 24.6 Å². The van der Waals surface area contributed by atoms with Gasteiger partial charge in [-0.25, -0.2) is 4.79 Å². The number of allylic oxidation sites excluding steroid dienone is 1. The van der Waals surface area contributed by atoms with E-state index in [0.717, 1.165) is 33.0 Å². The SMILES string of the molecule is C=C(Cl)c1c(COc2cc(-c3cn(C)nn3)ccc2C)csc1/C(=C\C)C(=O)OCC. The highest BCUT2D eigenvalue weighted by molar-refractivity contribution is 7.12. The molecule has 0 aliphatic heterocycles. The molecule has 8 heteroatoms. The molecule has 0 saturated heterocycles. The quantitative estimate of drug-likeness (QED) is 0.325. The zero-order valence-corrected chi connectivity index (χ0v) is 19.5. The van der Waals surface area contributed by atoms with Crippen molar-refractivity contribution in [3.05, 3.63) is 64.0 Å². The zero-order valence-electron chi connectivity index (χ0n) is 17.9. The summed E-state index contributed by atoms with van der Waals surface area (Å²) in [6.07, 6.45) is 3.58. The lowest BCUT2D eigenvalue weighted by Crippen LogP contribution is -2.07. The predicted molar refractivity (Wildman–Crippen MR) is 125 cm³/mol. The van der Waals surface area contributed by atoms with Crippen LogP contribution in [0.2, 0.25) is 0 Å². The van der Waals surface area contributed by atoms with Crippen LogP contribution in [0.4, 0.5) is 0 Å². The molecule has 0 spiro atoms. The molecule has 31 heavy (non-hydrogen) atoms. The molecule has 0 aliphatic carbocycles. The number of carbonyl (C=O) groups is 1. The maximum Gasteiger partial charge on any atom is 0.339 e. The van der Waals surface area contributed by atoms with E-state index >= 15 is 0 Å². The fourth-order valence-corrected chi connectivity index (χ4v) is 4.51. The number of nitrogens with zero attached hydrogens (tertiary/aromatic N) is 3. The molecule has 0 amide bonds. The van der Waals surface area contributed by atoms with Gasteiger partial charge in [0.1, 0.15) is 18.1 Å². The second-order valence-corrected chi connectivity index (χ2v) is 8.18. The number of hydrogen-bond acceptors (Lipinski definition) is 6. The molecule has 2 aromatic heterocycles. The number of halogens is 1. The number of benzene rings is 1. The molecule has 3 rings (SSSR count). The average molecular weight is 458 g/mol. The molecule has 3 aromatic rings. The van der Waals surface area contributed by atoms with Gasteiger partial charge in [-0.15, -0.1) is 16.4 Å². The van der Waals surface area contributed by atoms with Crippen LogP contribution in [0.3, 0.4) is 0 Å². The van der Waals surface area contributed by atoms with Crippen LogP contribution in [-0.4, -0.2) is 27.6 Å². The van der Waals surface area contributed by atoms with E-state index in [-0.39, 0.29) is 12.6 Å². The van der Waals surface area contributed by atoms with Gasteiger partial charge in [0, 0.05) is 28.8 Å². The minimum absolute atomic E-state index is 0.280. The molecule has 0 atom stereocenters. The van der Waals surface area contributed by atoms with Gasteiger partial charge in [-0.05, 0) is 37.8 Å². The number of rotatable bonds is 8. The summed E-state index contributed by atoms with van der Waals surface area (Å²) in [6, 6.07) is 5.91. The third-order valence-electron chi connectivity index (χ3n) is 4.64. The Morgan fingerprint density at radius 1 is 1.39 bits per heavy atom. The van der Waals surface area contributed by atoms with Crippen molar-refractivity contribution in [2.24, 2.45) is 7.05 Å². The molecule has 0 bridgehead atoms. The Bertz CT molecular complexity index is 1150. The Balaban J connectivity index is 1.88. The molecule has 6 nitrogen and oxygen atoms in total. The van der Waals surface area contributed by atoms with Crippen molar-refractivity contribution < 1.29 is 14.3 Å². The van der Waals surface area contributed by atoms with Gasteiger partial charge in [0.25, 0.3) is 0 Å². The van der Waals surface area contributed by atoms with Crippen LogP contribution in [0.1, 0.15) is 35.4 Å². The summed E-state index contributed by atoms with van der Waals surface area (Å²) in [4.78, 5) is 13.1. The lowest BCUT2D eigenvalue weighted by Gasteiger charge is -2.12. The first kappa shape index (κ1) is 22.8. The standard InChI is InChI=1S/C23H24ClN3O3S/c1-6-18(23(28)29-7-2)22-21(15(4)24)17(13-31-22)12-30-20-10-16(9-8-14(20)3)19-11-27(5)26-25-19/h6,8-11,13H,4,7,12H2,1-3,5H3/b18-6+. The Kier molecular flexibility index (Phi) is 7.30. The average Bonchev–Trinajstić information content (AvgIpc) is 3.35. The van der Waals surface area contributed by atoms with Crippen molar-refractivity contribution in [1.82, 2.24) is 15.0 Å². The first-order chi connectivity index (χ1) is 14.8. The fraction of sp³-hybridized carbons (Fsp3) is 0.261. The van der Waals surface area contributed by atoms with Crippen molar-refractivity contribution >= 4 is 39.5 Å². The topological polar surface area (TPSA) is 66.2 Å². The lowest BCUT2D eigenvalue weighted by atomic mass is 10.1. The van der Waals surface area contributed by atoms with E-state index in [2.05, 4.69) is 16.9 Å². The fourth-order valence-electron chi connectivity index (χ4n) is 3.10. The molecule has 0 aliphatic rings. The van der Waals surface area contributed by atoms with E-state index in [4.69, 9.17) is 21.1 Å². The summed E-state index contributed by atoms with van der Waals surface area (Å²) >= 11 is 7.74. The van der Waals surface area contributed by atoms with Gasteiger partial charge in [0.2, 0.25) is 0 Å². The summed E-state index contributed by atoms with van der Waals surface area (Å²) in [5.41, 5.74) is 4.71. The van der Waals surface area contributed by atoms with Crippen molar-refractivity contribution in [2.45, 2.75) is 27.4 Å². The van der Waals surface area contributed by atoms with E-state index in [0.29, 0.717) is 22.8 Å². The van der Waals surface area contributed by atoms with Crippen LogP contribution in [0.25, 0.3) is 21.9 Å². The maximum absolute atomic E-state index is 12.4. The van der Waals surface area contributed by atoms with Crippen LogP contribution in [-0.2, 0) is 23.2 Å². The van der Waals surface area contributed by atoms with Gasteiger partial charge >= 0.3 is 5.97 Å². The smallest absolute Gasteiger partial charge is 0.339 e. The van der Waals surface area contributed by atoms with Gasteiger partial charge < -0.3 is 9.47 Å². The Labute approximate surface area is 190 Å². The molecule has 0 saturated carbocycles. The molecule has 0 N–H and O–H groups in total. The summed E-state index contributed by atoms with van der Waals surface area (Å²) in [5, 5.41) is 10.4. The van der Waals surface area contributed by atoms with Crippen LogP contribution in [0.5, 0.6) is 5.75 Å². The maximum atomic E-state index is 12.4. The third-order valence-corrected chi connectivity index (χ3v) is 5.89. The second-order valence-electron chi connectivity index (χ2n) is 6.84.